The van der Waals surface area contributed by atoms with Gasteiger partial charge in [0.2, 0.25) is 0 Å². The number of rotatable bonds is 4. The van der Waals surface area contributed by atoms with Gasteiger partial charge in [0.25, 0.3) is 0 Å². The van der Waals surface area contributed by atoms with E-state index >= 15 is 0 Å². The molecule has 2 aliphatic rings. The van der Waals surface area contributed by atoms with E-state index in [1.165, 1.54) is 0 Å². The molecule has 0 fully saturated rings. The molecule has 5 heterocycles. The number of aromatic amines is 2. The van der Waals surface area contributed by atoms with Crippen LogP contribution < -0.4 is 0 Å². The first-order valence-electron chi connectivity index (χ1n) is 16.9. The number of fused-ring (bicyclic) bond motifs is 8. The molecule has 2 aliphatic heterocycles. The van der Waals surface area contributed by atoms with Gasteiger partial charge in [0.05, 0.1) is 11.4 Å². The van der Waals surface area contributed by atoms with Crippen molar-refractivity contribution in [1.29, 1.82) is 0 Å². The molecule has 0 atom stereocenters. The fourth-order valence-corrected chi connectivity index (χ4v) is 7.14. The van der Waals surface area contributed by atoms with E-state index < -0.39 is 0 Å². The Hall–Kier alpha value is -7.32. The molecule has 0 spiro atoms. The second-order valence-electron chi connectivity index (χ2n) is 12.5. The molecule has 0 amide bonds. The average Bonchev–Trinajstić information content (AvgIpc) is 4.03. The van der Waals surface area contributed by atoms with E-state index in [9.17, 15) is 10.4 Å². The minimum absolute atomic E-state index is 0.0442. The Morgan fingerprint density at radius 3 is 1.00 bits per heavy atom. The summed E-state index contributed by atoms with van der Waals surface area (Å²) in [6, 6.07) is 48.0. The van der Waals surface area contributed by atoms with Gasteiger partial charge in [-0.05, 0) is 58.7 Å². The maximum atomic E-state index is 10.6. The van der Waals surface area contributed by atoms with E-state index in [1.807, 2.05) is 121 Å². The smallest absolute Gasteiger partial charge is 0.160 e. The third-order valence-corrected chi connectivity index (χ3v) is 9.42. The van der Waals surface area contributed by atoms with Crippen molar-refractivity contribution in [3.8, 4) is 44.5 Å². The van der Waals surface area contributed by atoms with Crippen molar-refractivity contribution in [2.24, 2.45) is 10.3 Å². The Labute approximate surface area is 298 Å². The molecule has 4 aromatic carbocycles. The Morgan fingerprint density at radius 2 is 0.673 bits per heavy atom. The summed E-state index contributed by atoms with van der Waals surface area (Å²) in [5.74, 6) is 0. The zero-order chi connectivity index (χ0) is 35.0. The van der Waals surface area contributed by atoms with Crippen LogP contribution in [0.1, 0.15) is 22.8 Å². The van der Waals surface area contributed by atoms with Gasteiger partial charge < -0.3 is 20.4 Å². The van der Waals surface area contributed by atoms with E-state index in [1.54, 1.807) is 0 Å². The zero-order valence-corrected chi connectivity index (χ0v) is 27.7. The van der Waals surface area contributed by atoms with Crippen LogP contribution in [0.3, 0.4) is 0 Å². The summed E-state index contributed by atoms with van der Waals surface area (Å²) in [6.45, 7) is 0. The van der Waals surface area contributed by atoms with Gasteiger partial charge in [-0.3, -0.25) is 0 Å². The van der Waals surface area contributed by atoms with Gasteiger partial charge >= 0.3 is 0 Å². The summed E-state index contributed by atoms with van der Waals surface area (Å²) in [7, 11) is 0. The number of nitrogens with zero attached hydrogens (tertiary/aromatic N) is 4. The first-order chi connectivity index (χ1) is 25.7. The lowest BCUT2D eigenvalue weighted by molar-refractivity contribution is 0.315. The lowest BCUT2D eigenvalue weighted by Crippen LogP contribution is -2.12. The van der Waals surface area contributed by atoms with Crippen LogP contribution in [0.4, 0.5) is 0 Å². The lowest BCUT2D eigenvalue weighted by Gasteiger charge is -2.06. The maximum absolute atomic E-state index is 10.6. The van der Waals surface area contributed by atoms with Crippen molar-refractivity contribution in [3.05, 3.63) is 168 Å². The molecular formula is C44H30N6O2. The minimum atomic E-state index is 0.0442. The van der Waals surface area contributed by atoms with E-state index in [0.29, 0.717) is 22.5 Å². The summed E-state index contributed by atoms with van der Waals surface area (Å²) in [4.78, 5) is 17.8. The first kappa shape index (κ1) is 30.7. The van der Waals surface area contributed by atoms with Crippen LogP contribution in [0.2, 0.25) is 0 Å². The van der Waals surface area contributed by atoms with Crippen LogP contribution in [0.25, 0.3) is 78.7 Å². The predicted octanol–water partition coefficient (Wildman–Crippen LogP) is 10.2. The zero-order valence-electron chi connectivity index (χ0n) is 27.7. The normalized spacial score (nSPS) is 13.9. The van der Waals surface area contributed by atoms with Gasteiger partial charge in [0.1, 0.15) is 11.4 Å². The van der Waals surface area contributed by atoms with Crippen molar-refractivity contribution in [3.63, 3.8) is 0 Å². The molecular weight excluding hydrogens is 645 g/mol. The molecule has 0 saturated heterocycles. The molecule has 52 heavy (non-hydrogen) atoms. The fourth-order valence-electron chi connectivity index (χ4n) is 7.14. The lowest BCUT2D eigenvalue weighted by atomic mass is 9.98. The third-order valence-electron chi connectivity index (χ3n) is 9.42. The molecule has 8 nitrogen and oxygen atoms in total. The van der Waals surface area contributed by atoms with Crippen LogP contribution in [-0.2, 0) is 0 Å². The Bertz CT molecular complexity index is 2550. The Morgan fingerprint density at radius 1 is 0.365 bits per heavy atom. The molecule has 8 heteroatoms. The summed E-state index contributed by atoms with van der Waals surface area (Å²) < 4.78 is 0. The summed E-state index contributed by atoms with van der Waals surface area (Å²) in [6.07, 6.45) is 4.13. The van der Waals surface area contributed by atoms with Gasteiger partial charge in [-0.1, -0.05) is 132 Å². The summed E-state index contributed by atoms with van der Waals surface area (Å²) >= 11 is 0. The highest BCUT2D eigenvalue weighted by Crippen LogP contribution is 2.38. The highest BCUT2D eigenvalue weighted by molar-refractivity contribution is 6.56. The van der Waals surface area contributed by atoms with Crippen molar-refractivity contribution in [2.45, 2.75) is 0 Å². The number of hydrogen-bond donors (Lipinski definition) is 4. The van der Waals surface area contributed by atoms with Crippen LogP contribution in [0.5, 0.6) is 0 Å². The number of benzene rings is 4. The number of nitrogens with one attached hydrogen (secondary N) is 2. The Balaban J connectivity index is 1.54. The highest BCUT2D eigenvalue weighted by Gasteiger charge is 2.32. The van der Waals surface area contributed by atoms with E-state index in [0.717, 1.165) is 66.8 Å². The van der Waals surface area contributed by atoms with Gasteiger partial charge in [0, 0.05) is 44.3 Å². The van der Waals surface area contributed by atoms with E-state index in [2.05, 4.69) is 56.7 Å². The van der Waals surface area contributed by atoms with Crippen molar-refractivity contribution in [1.82, 2.24) is 19.9 Å². The Kier molecular flexibility index (Phi) is 7.59. The maximum Gasteiger partial charge on any atom is 0.160 e. The molecule has 7 aromatic rings. The molecule has 0 saturated carbocycles. The minimum Gasteiger partial charge on any atom is -0.410 e. The molecule has 0 aliphatic carbocycles. The van der Waals surface area contributed by atoms with Crippen molar-refractivity contribution >= 4 is 45.6 Å². The van der Waals surface area contributed by atoms with Crippen LogP contribution in [-0.4, -0.2) is 41.8 Å². The highest BCUT2D eigenvalue weighted by atomic mass is 16.4. The number of H-pyrrole nitrogens is 2. The predicted molar refractivity (Wildman–Crippen MR) is 208 cm³/mol. The molecule has 248 valence electrons. The molecule has 4 N–H and O–H groups in total. The van der Waals surface area contributed by atoms with E-state index in [4.69, 9.17) is 9.97 Å². The standard InChI is InChI=1S/C44H30N6O2/c51-49-43-41-39(29-17-9-3-10-18-29)35-25-23-33(46-35)37(27-13-5-1-6-14-27)31-21-22-32(45-31)38(28-15-7-2-8-16-28)34-24-26-36(47-34)40(30-19-11-4-12-20-30)42(48-41)44(43)50-52/h1-26,46-47,51-52H/b37-31?,37-33?,38-32?,38-34?,39-35?,40-36?,41-39?,42-40?,49-43-,50-44-. The average molecular weight is 675 g/mol. The van der Waals surface area contributed by atoms with Gasteiger partial charge in [0.15, 0.2) is 11.4 Å². The summed E-state index contributed by atoms with van der Waals surface area (Å²) in [5, 5.41) is 28.6. The summed E-state index contributed by atoms with van der Waals surface area (Å²) in [5.41, 5.74) is 12.4. The second-order valence-corrected chi connectivity index (χ2v) is 12.5. The molecule has 0 unspecified atom stereocenters. The first-order valence-corrected chi connectivity index (χ1v) is 16.9. The SMILES string of the molecule is O/N=C1\C(=N/O)c2nc1c(-c1ccccc1)c1ccc([nH]1)c(-c1ccccc1)c1nc(c(-c3ccccc3)c3ccc([nH]3)c2-c2ccccc2)C=C1. The third kappa shape index (κ3) is 5.18. The van der Waals surface area contributed by atoms with Crippen molar-refractivity contribution < 1.29 is 10.4 Å². The molecule has 0 radical (unpaired) electrons. The van der Waals surface area contributed by atoms with Crippen molar-refractivity contribution in [2.75, 3.05) is 0 Å². The van der Waals surface area contributed by atoms with Crippen LogP contribution in [0, 0.1) is 0 Å². The van der Waals surface area contributed by atoms with Gasteiger partial charge in [-0.15, -0.1) is 0 Å². The quantitative estimate of drug-likeness (QED) is 0.110. The topological polar surface area (TPSA) is 123 Å². The largest absolute Gasteiger partial charge is 0.410 e. The van der Waals surface area contributed by atoms with E-state index in [-0.39, 0.29) is 11.4 Å². The van der Waals surface area contributed by atoms with Gasteiger partial charge in [-0.2, -0.15) is 0 Å². The number of aromatic nitrogens is 4. The van der Waals surface area contributed by atoms with Gasteiger partial charge in [-0.25, -0.2) is 9.97 Å². The monoisotopic (exact) mass is 674 g/mol. The van der Waals surface area contributed by atoms with Crippen LogP contribution >= 0.6 is 0 Å². The number of oxime groups is 2. The number of hydrogen-bond acceptors (Lipinski definition) is 6. The van der Waals surface area contributed by atoms with Crippen LogP contribution in [0.15, 0.2) is 156 Å². The molecule has 9 rings (SSSR count). The molecule has 8 bridgehead atoms. The molecule has 3 aromatic heterocycles. The second kappa shape index (κ2) is 12.9. The fraction of sp³-hybridized carbons (Fsp3) is 0.